The van der Waals surface area contributed by atoms with Crippen molar-refractivity contribution in [1.82, 2.24) is 0 Å². The molecule has 3 aromatic carbocycles. The molecule has 0 unspecified atom stereocenters. The number of aromatic nitrogens is 1. The summed E-state index contributed by atoms with van der Waals surface area (Å²) < 4.78 is 2.52. The number of nitrogens with zero attached hydrogens (tertiary/aromatic N) is 1. The lowest BCUT2D eigenvalue weighted by atomic mass is 9.98. The van der Waals surface area contributed by atoms with Gasteiger partial charge in [0.15, 0.2) is 0 Å². The fraction of sp³-hybridized carbons (Fsp3) is 0.207. The smallest absolute Gasteiger partial charge is 0.191 e. The molecule has 0 fully saturated rings. The van der Waals surface area contributed by atoms with Gasteiger partial charge in [-0.3, -0.25) is 0 Å². The molecule has 1 heteroatoms. The number of hydrogen-bond donors (Lipinski definition) is 0. The number of benzene rings is 3. The van der Waals surface area contributed by atoms with E-state index in [-0.39, 0.29) is 0 Å². The van der Waals surface area contributed by atoms with Crippen molar-refractivity contribution in [1.29, 1.82) is 0 Å². The summed E-state index contributed by atoms with van der Waals surface area (Å²) in [6.07, 6.45) is 5.02. The molecule has 0 atom stereocenters. The van der Waals surface area contributed by atoms with E-state index >= 15 is 0 Å². The number of unbranched alkanes of at least 4 members (excludes halogenated alkanes) is 3. The maximum absolute atomic E-state index is 2.52. The van der Waals surface area contributed by atoms with Crippen LogP contribution in [0.5, 0.6) is 0 Å². The zero-order valence-electron chi connectivity index (χ0n) is 17.8. The van der Waals surface area contributed by atoms with E-state index in [2.05, 4.69) is 115 Å². The molecule has 0 bridgehead atoms. The van der Waals surface area contributed by atoms with Gasteiger partial charge in [-0.1, -0.05) is 86.5 Å². The van der Waals surface area contributed by atoms with E-state index in [1.165, 1.54) is 59.3 Å². The van der Waals surface area contributed by atoms with E-state index < -0.39 is 0 Å². The van der Waals surface area contributed by atoms with E-state index in [0.29, 0.717) is 0 Å². The Morgan fingerprint density at radius 3 is 1.43 bits per heavy atom. The minimum atomic E-state index is 1.03. The number of pyridine rings is 1. The van der Waals surface area contributed by atoms with Crippen LogP contribution in [-0.2, 0) is 6.54 Å². The van der Waals surface area contributed by atoms with Crippen LogP contribution >= 0.6 is 0 Å². The third-order valence-corrected chi connectivity index (χ3v) is 5.65. The lowest BCUT2D eigenvalue weighted by Crippen LogP contribution is -2.39. The van der Waals surface area contributed by atoms with Crippen LogP contribution < -0.4 is 4.57 Å². The fourth-order valence-electron chi connectivity index (χ4n) is 4.05. The molecule has 4 rings (SSSR count). The molecule has 0 spiro atoms. The van der Waals surface area contributed by atoms with Crippen LogP contribution in [0.25, 0.3) is 33.6 Å². The number of hydrogen-bond acceptors (Lipinski definition) is 0. The van der Waals surface area contributed by atoms with Crippen molar-refractivity contribution in [3.63, 3.8) is 0 Å². The van der Waals surface area contributed by atoms with Gasteiger partial charge in [-0.2, -0.15) is 4.57 Å². The Labute approximate surface area is 180 Å². The highest BCUT2D eigenvalue weighted by molar-refractivity contribution is 5.73. The highest BCUT2D eigenvalue weighted by atomic mass is 15.0. The van der Waals surface area contributed by atoms with E-state index in [1.54, 1.807) is 0 Å². The Hall–Kier alpha value is -3.19. The zero-order chi connectivity index (χ0) is 20.6. The minimum absolute atomic E-state index is 1.03. The van der Waals surface area contributed by atoms with Crippen LogP contribution in [0.2, 0.25) is 0 Å². The molecule has 30 heavy (non-hydrogen) atoms. The van der Waals surface area contributed by atoms with Gasteiger partial charge in [0.05, 0.1) is 0 Å². The molecule has 0 aliphatic carbocycles. The van der Waals surface area contributed by atoms with Gasteiger partial charge in [0.25, 0.3) is 0 Å². The first-order valence-electron chi connectivity index (χ1n) is 11.1. The molecule has 0 N–H and O–H groups in total. The summed E-state index contributed by atoms with van der Waals surface area (Å²) in [6.45, 7) is 3.30. The van der Waals surface area contributed by atoms with Gasteiger partial charge in [0.2, 0.25) is 11.4 Å². The van der Waals surface area contributed by atoms with Crippen LogP contribution in [0.15, 0.2) is 103 Å². The average molecular weight is 393 g/mol. The van der Waals surface area contributed by atoms with Crippen molar-refractivity contribution >= 4 is 0 Å². The molecule has 0 amide bonds. The molecule has 4 aromatic rings. The van der Waals surface area contributed by atoms with Crippen LogP contribution in [0.1, 0.15) is 32.6 Å². The number of rotatable bonds is 8. The van der Waals surface area contributed by atoms with Crippen molar-refractivity contribution in [2.75, 3.05) is 0 Å². The predicted molar refractivity (Wildman–Crippen MR) is 127 cm³/mol. The molecule has 150 valence electrons. The highest BCUT2D eigenvalue weighted by Crippen LogP contribution is 2.29. The van der Waals surface area contributed by atoms with Crippen molar-refractivity contribution in [2.24, 2.45) is 0 Å². The normalized spacial score (nSPS) is 10.8. The summed E-state index contributed by atoms with van der Waals surface area (Å²) in [4.78, 5) is 0. The SMILES string of the molecule is CCCCCC[n+]1c(-c2ccccc2)cc(-c2ccccc2)cc1-c1ccccc1. The van der Waals surface area contributed by atoms with Gasteiger partial charge in [0.1, 0.15) is 6.54 Å². The van der Waals surface area contributed by atoms with Crippen molar-refractivity contribution in [3.05, 3.63) is 103 Å². The maximum Gasteiger partial charge on any atom is 0.213 e. The summed E-state index contributed by atoms with van der Waals surface area (Å²) in [5.41, 5.74) is 7.62. The van der Waals surface area contributed by atoms with E-state index in [4.69, 9.17) is 0 Å². The quantitative estimate of drug-likeness (QED) is 0.215. The second-order valence-electron chi connectivity index (χ2n) is 7.82. The zero-order valence-corrected chi connectivity index (χ0v) is 17.8. The van der Waals surface area contributed by atoms with Crippen LogP contribution in [-0.4, -0.2) is 0 Å². The van der Waals surface area contributed by atoms with Gasteiger partial charge in [-0.05, 0) is 41.8 Å². The van der Waals surface area contributed by atoms with Crippen LogP contribution in [0, 0.1) is 0 Å². The highest BCUT2D eigenvalue weighted by Gasteiger charge is 2.22. The Morgan fingerprint density at radius 1 is 0.500 bits per heavy atom. The van der Waals surface area contributed by atoms with Crippen LogP contribution in [0.4, 0.5) is 0 Å². The van der Waals surface area contributed by atoms with Gasteiger partial charge in [-0.25, -0.2) is 0 Å². The van der Waals surface area contributed by atoms with Crippen LogP contribution in [0.3, 0.4) is 0 Å². The van der Waals surface area contributed by atoms with Gasteiger partial charge in [-0.15, -0.1) is 0 Å². The average Bonchev–Trinajstić information content (AvgIpc) is 2.83. The van der Waals surface area contributed by atoms with E-state index in [9.17, 15) is 0 Å². The van der Waals surface area contributed by atoms with Gasteiger partial charge < -0.3 is 0 Å². The topological polar surface area (TPSA) is 3.88 Å². The Kier molecular flexibility index (Phi) is 6.72. The largest absolute Gasteiger partial charge is 0.213 e. The molecule has 0 saturated heterocycles. The fourth-order valence-corrected chi connectivity index (χ4v) is 4.05. The monoisotopic (exact) mass is 392 g/mol. The Bertz CT molecular complexity index is 993. The predicted octanol–water partition coefficient (Wildman–Crippen LogP) is 7.56. The lowest BCUT2D eigenvalue weighted by molar-refractivity contribution is -0.675. The third-order valence-electron chi connectivity index (χ3n) is 5.65. The first-order chi connectivity index (χ1) is 14.9. The lowest BCUT2D eigenvalue weighted by Gasteiger charge is -2.13. The second-order valence-corrected chi connectivity index (χ2v) is 7.82. The van der Waals surface area contributed by atoms with E-state index in [1.807, 2.05) is 0 Å². The Morgan fingerprint density at radius 2 is 0.967 bits per heavy atom. The van der Waals surface area contributed by atoms with E-state index in [0.717, 1.165) is 6.54 Å². The minimum Gasteiger partial charge on any atom is -0.191 e. The molecule has 0 aliphatic rings. The summed E-state index contributed by atoms with van der Waals surface area (Å²) in [5, 5.41) is 0. The summed E-state index contributed by atoms with van der Waals surface area (Å²) in [5.74, 6) is 0. The second kappa shape index (κ2) is 10.0. The third kappa shape index (κ3) is 4.68. The summed E-state index contributed by atoms with van der Waals surface area (Å²) in [6, 6.07) is 37.0. The summed E-state index contributed by atoms with van der Waals surface area (Å²) in [7, 11) is 0. The molecular formula is C29H30N+. The standard InChI is InChI=1S/C29H30N/c1-2-3-4-14-21-30-28(25-17-10-6-11-18-25)22-27(24-15-8-5-9-16-24)23-29(30)26-19-12-7-13-20-26/h5-13,15-20,22-23H,2-4,14,21H2,1H3/q+1. The van der Waals surface area contributed by atoms with Gasteiger partial charge in [0, 0.05) is 29.7 Å². The maximum atomic E-state index is 2.52. The summed E-state index contributed by atoms with van der Waals surface area (Å²) >= 11 is 0. The molecule has 0 radical (unpaired) electrons. The van der Waals surface area contributed by atoms with Crippen molar-refractivity contribution in [2.45, 2.75) is 39.2 Å². The van der Waals surface area contributed by atoms with Crippen molar-refractivity contribution < 1.29 is 4.57 Å². The van der Waals surface area contributed by atoms with Gasteiger partial charge >= 0.3 is 0 Å². The molecule has 1 aromatic heterocycles. The molecule has 1 heterocycles. The first kappa shape index (κ1) is 20.1. The molecule has 0 aliphatic heterocycles. The molecular weight excluding hydrogens is 362 g/mol. The molecule has 1 nitrogen and oxygen atoms in total. The van der Waals surface area contributed by atoms with Crippen molar-refractivity contribution in [3.8, 4) is 33.6 Å². The Balaban J connectivity index is 1.90. The first-order valence-corrected chi connectivity index (χ1v) is 11.1. The molecule has 0 saturated carbocycles.